The summed E-state index contributed by atoms with van der Waals surface area (Å²) < 4.78 is 4.47. The smallest absolute Gasteiger partial charge is 0.309 e. The van der Waals surface area contributed by atoms with Gasteiger partial charge in [0.15, 0.2) is 0 Å². The third kappa shape index (κ3) is 3.28. The van der Waals surface area contributed by atoms with Crippen molar-refractivity contribution in [3.63, 3.8) is 0 Å². The van der Waals surface area contributed by atoms with E-state index in [-0.39, 0.29) is 17.8 Å². The second kappa shape index (κ2) is 5.81. The van der Waals surface area contributed by atoms with Crippen molar-refractivity contribution in [3.05, 3.63) is 0 Å². The van der Waals surface area contributed by atoms with Gasteiger partial charge in [-0.15, -0.1) is 23.2 Å². The summed E-state index contributed by atoms with van der Waals surface area (Å²) in [7, 11) is 1.34. The first-order valence-corrected chi connectivity index (χ1v) is 4.03. The molecule has 0 bridgehead atoms. The maximum Gasteiger partial charge on any atom is 0.309 e. The summed E-state index contributed by atoms with van der Waals surface area (Å²) >= 11 is 10.9. The second-order valence-electron chi connectivity index (χ2n) is 1.85. The molecule has 0 fully saturated rings. The molecule has 2 nitrogen and oxygen atoms in total. The van der Waals surface area contributed by atoms with Crippen molar-refractivity contribution in [1.29, 1.82) is 0 Å². The van der Waals surface area contributed by atoms with E-state index < -0.39 is 0 Å². The molecule has 0 aromatic carbocycles. The quantitative estimate of drug-likeness (QED) is 0.491. The fourth-order valence-electron chi connectivity index (χ4n) is 0.556. The van der Waals surface area contributed by atoms with Crippen LogP contribution in [0, 0.1) is 5.92 Å². The normalized spacial score (nSPS) is 12.7. The van der Waals surface area contributed by atoms with E-state index in [2.05, 4.69) is 4.74 Å². The Morgan fingerprint density at radius 2 is 2.20 bits per heavy atom. The van der Waals surface area contributed by atoms with Crippen molar-refractivity contribution in [3.8, 4) is 0 Å². The van der Waals surface area contributed by atoms with E-state index in [9.17, 15) is 4.79 Å². The number of carbonyl (C=O) groups is 1. The number of hydrogen-bond acceptors (Lipinski definition) is 2. The summed E-state index contributed by atoms with van der Waals surface area (Å²) in [6.07, 6.45) is 0.581. The van der Waals surface area contributed by atoms with E-state index in [4.69, 9.17) is 23.2 Å². The number of rotatable bonds is 4. The van der Waals surface area contributed by atoms with Crippen molar-refractivity contribution in [2.45, 2.75) is 6.42 Å². The van der Waals surface area contributed by atoms with Gasteiger partial charge in [0.05, 0.1) is 13.0 Å². The van der Waals surface area contributed by atoms with Crippen LogP contribution in [0.25, 0.3) is 0 Å². The highest BCUT2D eigenvalue weighted by atomic mass is 35.5. The molecule has 0 rings (SSSR count). The zero-order valence-corrected chi connectivity index (χ0v) is 7.28. The minimum absolute atomic E-state index is 0.246. The van der Waals surface area contributed by atoms with E-state index >= 15 is 0 Å². The molecule has 1 atom stereocenters. The van der Waals surface area contributed by atoms with Crippen molar-refractivity contribution in [2.24, 2.45) is 5.92 Å². The third-order valence-corrected chi connectivity index (χ3v) is 1.77. The lowest BCUT2D eigenvalue weighted by Crippen LogP contribution is -2.18. The van der Waals surface area contributed by atoms with Crippen LogP contribution in [0.4, 0.5) is 0 Å². The minimum atomic E-state index is -0.282. The molecule has 0 N–H and O–H groups in total. The molecule has 0 aromatic rings. The molecule has 0 radical (unpaired) electrons. The first kappa shape index (κ1) is 10.0. The number of methoxy groups -OCH3 is 1. The molecule has 60 valence electrons. The molecule has 0 heterocycles. The molecular weight excluding hydrogens is 175 g/mol. The summed E-state index contributed by atoms with van der Waals surface area (Å²) in [5.41, 5.74) is 0. The van der Waals surface area contributed by atoms with Crippen LogP contribution in [0.1, 0.15) is 6.42 Å². The first-order chi connectivity index (χ1) is 4.76. The number of carbonyl (C=O) groups excluding carboxylic acids is 1. The summed E-state index contributed by atoms with van der Waals surface area (Å²) in [4.78, 5) is 10.8. The van der Waals surface area contributed by atoms with Crippen LogP contribution >= 0.6 is 23.2 Å². The largest absolute Gasteiger partial charge is 0.469 e. The van der Waals surface area contributed by atoms with Crippen molar-refractivity contribution in [1.82, 2.24) is 0 Å². The predicted octanol–water partition coefficient (Wildman–Crippen LogP) is 1.64. The minimum Gasteiger partial charge on any atom is -0.469 e. The maximum absolute atomic E-state index is 10.8. The van der Waals surface area contributed by atoms with E-state index in [1.807, 2.05) is 0 Å². The lowest BCUT2D eigenvalue weighted by Gasteiger charge is -2.07. The highest BCUT2D eigenvalue weighted by molar-refractivity contribution is 6.19. The summed E-state index contributed by atoms with van der Waals surface area (Å²) in [5, 5.41) is 0. The van der Waals surface area contributed by atoms with Crippen LogP contribution in [0.3, 0.4) is 0 Å². The number of alkyl halides is 2. The topological polar surface area (TPSA) is 26.3 Å². The molecular formula is C6H10Cl2O2. The average Bonchev–Trinajstić information content (AvgIpc) is 1.99. The van der Waals surface area contributed by atoms with Gasteiger partial charge in [0.1, 0.15) is 0 Å². The van der Waals surface area contributed by atoms with Gasteiger partial charge in [-0.1, -0.05) is 0 Å². The Hall–Kier alpha value is 0.0500. The molecule has 0 saturated carbocycles. The van der Waals surface area contributed by atoms with Crippen molar-refractivity contribution < 1.29 is 9.53 Å². The summed E-state index contributed by atoms with van der Waals surface area (Å²) in [6, 6.07) is 0. The van der Waals surface area contributed by atoms with Gasteiger partial charge in [-0.2, -0.15) is 0 Å². The Bertz CT molecular complexity index is 106. The third-order valence-electron chi connectivity index (χ3n) is 1.18. The Morgan fingerprint density at radius 3 is 2.50 bits per heavy atom. The van der Waals surface area contributed by atoms with E-state index in [1.54, 1.807) is 0 Å². The highest BCUT2D eigenvalue weighted by Gasteiger charge is 2.16. The molecule has 0 aliphatic heterocycles. The molecule has 0 aromatic heterocycles. The molecule has 1 unspecified atom stereocenters. The van der Waals surface area contributed by atoms with Gasteiger partial charge in [-0.05, 0) is 6.42 Å². The Morgan fingerprint density at radius 1 is 1.60 bits per heavy atom. The lowest BCUT2D eigenvalue weighted by atomic mass is 10.1. The van der Waals surface area contributed by atoms with Crippen LogP contribution < -0.4 is 0 Å². The van der Waals surface area contributed by atoms with Crippen molar-refractivity contribution in [2.75, 3.05) is 18.9 Å². The average molecular weight is 185 g/mol. The van der Waals surface area contributed by atoms with Gasteiger partial charge in [-0.25, -0.2) is 0 Å². The number of hydrogen-bond donors (Lipinski definition) is 0. The Labute approximate surface area is 70.4 Å². The number of esters is 1. The second-order valence-corrected chi connectivity index (χ2v) is 2.54. The van der Waals surface area contributed by atoms with Gasteiger partial charge in [0, 0.05) is 11.8 Å². The van der Waals surface area contributed by atoms with Gasteiger partial charge < -0.3 is 4.74 Å². The SMILES string of the molecule is COC(=O)C(CCl)CCCl. The first-order valence-electron chi connectivity index (χ1n) is 2.96. The van der Waals surface area contributed by atoms with E-state index in [0.29, 0.717) is 12.3 Å². The number of ether oxygens (including phenoxy) is 1. The Kier molecular flexibility index (Phi) is 5.84. The van der Waals surface area contributed by atoms with Gasteiger partial charge >= 0.3 is 5.97 Å². The van der Waals surface area contributed by atoms with Gasteiger partial charge in [0.2, 0.25) is 0 Å². The van der Waals surface area contributed by atoms with Gasteiger partial charge in [-0.3, -0.25) is 4.79 Å². The zero-order chi connectivity index (χ0) is 7.98. The monoisotopic (exact) mass is 184 g/mol. The molecule has 0 aliphatic carbocycles. The van der Waals surface area contributed by atoms with Gasteiger partial charge in [0.25, 0.3) is 0 Å². The maximum atomic E-state index is 10.8. The molecule has 0 saturated heterocycles. The molecule has 4 heteroatoms. The standard InChI is InChI=1S/C6H10Cl2O2/c1-10-6(9)5(4-8)2-3-7/h5H,2-4H2,1H3. The molecule has 0 spiro atoms. The lowest BCUT2D eigenvalue weighted by molar-refractivity contribution is -0.144. The summed E-state index contributed by atoms with van der Waals surface area (Å²) in [5.74, 6) is 0.186. The van der Waals surface area contributed by atoms with E-state index in [0.717, 1.165) is 0 Å². The van der Waals surface area contributed by atoms with Crippen LogP contribution in [0.5, 0.6) is 0 Å². The zero-order valence-electron chi connectivity index (χ0n) is 5.77. The molecule has 10 heavy (non-hydrogen) atoms. The summed E-state index contributed by atoms with van der Waals surface area (Å²) in [6.45, 7) is 0. The Balaban J connectivity index is 3.68. The predicted molar refractivity (Wildman–Crippen MR) is 41.6 cm³/mol. The van der Waals surface area contributed by atoms with Crippen LogP contribution in [-0.4, -0.2) is 24.8 Å². The highest BCUT2D eigenvalue weighted by Crippen LogP contribution is 2.08. The van der Waals surface area contributed by atoms with Crippen LogP contribution in [-0.2, 0) is 9.53 Å². The van der Waals surface area contributed by atoms with Crippen molar-refractivity contribution >= 4 is 29.2 Å². The molecule has 0 aliphatic rings. The fourth-order valence-corrected chi connectivity index (χ4v) is 1.10. The number of halogens is 2. The van der Waals surface area contributed by atoms with Crippen LogP contribution in [0.15, 0.2) is 0 Å². The molecule has 0 amide bonds. The van der Waals surface area contributed by atoms with Crippen LogP contribution in [0.2, 0.25) is 0 Å². The van der Waals surface area contributed by atoms with E-state index in [1.165, 1.54) is 7.11 Å². The fraction of sp³-hybridized carbons (Fsp3) is 0.833.